The molecule has 0 atom stereocenters. The average Bonchev–Trinajstić information content (AvgIpc) is 3.07. The third kappa shape index (κ3) is 3.50. The topological polar surface area (TPSA) is 129 Å². The number of H-pyrrole nitrogens is 1. The van der Waals surface area contributed by atoms with Crippen molar-refractivity contribution in [2.24, 2.45) is 7.05 Å². The Kier molecular flexibility index (Phi) is 5.50. The number of carbonyl (C=O) groups excluding carboxylic acids is 1. The van der Waals surface area contributed by atoms with Crippen LogP contribution in [-0.4, -0.2) is 35.9 Å². The van der Waals surface area contributed by atoms with Crippen LogP contribution in [0.2, 0.25) is 0 Å². The lowest BCUT2D eigenvalue weighted by molar-refractivity contribution is 0.102. The van der Waals surface area contributed by atoms with Crippen LogP contribution in [0.3, 0.4) is 0 Å². The van der Waals surface area contributed by atoms with Gasteiger partial charge in [0.25, 0.3) is 5.56 Å². The van der Waals surface area contributed by atoms with E-state index in [4.69, 9.17) is 5.73 Å². The molecule has 0 aliphatic carbocycles. The van der Waals surface area contributed by atoms with Crippen molar-refractivity contribution in [3.63, 3.8) is 0 Å². The molecule has 2 aromatic heterocycles. The standard InChI is InChI=1S/C18H20N6O3S/c1-4-24-15(11-8-6-5-7-10(11)2)21-22-18(24)28-9-12(25)13-14(19)23(3)17(27)20-16(13)26/h5-8H,4,9,19H2,1-3H3,(H,20,26,27). The quantitative estimate of drug-likeness (QED) is 0.470. The molecule has 0 radical (unpaired) electrons. The summed E-state index contributed by atoms with van der Waals surface area (Å²) < 4.78 is 2.94. The largest absolute Gasteiger partial charge is 0.384 e. The fourth-order valence-electron chi connectivity index (χ4n) is 2.81. The molecular formula is C18H20N6O3S. The summed E-state index contributed by atoms with van der Waals surface area (Å²) in [5.74, 6) is 0.0200. The molecule has 0 saturated carbocycles. The zero-order valence-electron chi connectivity index (χ0n) is 15.7. The first kappa shape index (κ1) is 19.6. The molecule has 1 aromatic carbocycles. The third-order valence-electron chi connectivity index (χ3n) is 4.40. The summed E-state index contributed by atoms with van der Waals surface area (Å²) in [6.07, 6.45) is 0. The number of benzene rings is 1. The molecule has 0 aliphatic heterocycles. The summed E-state index contributed by atoms with van der Waals surface area (Å²) in [6, 6.07) is 7.85. The van der Waals surface area contributed by atoms with E-state index >= 15 is 0 Å². The van der Waals surface area contributed by atoms with Gasteiger partial charge in [-0.2, -0.15) is 0 Å². The monoisotopic (exact) mass is 400 g/mol. The van der Waals surface area contributed by atoms with Crippen molar-refractivity contribution in [1.29, 1.82) is 0 Å². The van der Waals surface area contributed by atoms with E-state index in [2.05, 4.69) is 15.2 Å². The number of nitrogens with one attached hydrogen (secondary N) is 1. The number of anilines is 1. The molecule has 0 unspecified atom stereocenters. The second kappa shape index (κ2) is 7.85. The molecule has 9 nitrogen and oxygen atoms in total. The molecular weight excluding hydrogens is 380 g/mol. The van der Waals surface area contributed by atoms with Gasteiger partial charge in [-0.3, -0.25) is 19.1 Å². The van der Waals surface area contributed by atoms with Gasteiger partial charge in [0.15, 0.2) is 16.8 Å². The number of Topliss-reactive ketones (excluding diaryl/α,β-unsaturated/α-hetero) is 1. The first-order chi connectivity index (χ1) is 13.3. The number of rotatable bonds is 6. The summed E-state index contributed by atoms with van der Waals surface area (Å²) in [6.45, 7) is 4.58. The van der Waals surface area contributed by atoms with Gasteiger partial charge >= 0.3 is 5.69 Å². The lowest BCUT2D eigenvalue weighted by Crippen LogP contribution is -2.35. The number of carbonyl (C=O) groups is 1. The maximum Gasteiger partial charge on any atom is 0.329 e. The molecule has 146 valence electrons. The first-order valence-electron chi connectivity index (χ1n) is 8.59. The van der Waals surface area contributed by atoms with Crippen LogP contribution >= 0.6 is 11.8 Å². The van der Waals surface area contributed by atoms with Crippen molar-refractivity contribution in [3.05, 3.63) is 56.2 Å². The molecule has 3 aromatic rings. The minimum Gasteiger partial charge on any atom is -0.384 e. The molecule has 3 rings (SSSR count). The number of aromatic amines is 1. The van der Waals surface area contributed by atoms with Crippen LogP contribution in [0.5, 0.6) is 0 Å². The Balaban J connectivity index is 1.88. The van der Waals surface area contributed by atoms with Crippen LogP contribution in [0.25, 0.3) is 11.4 Å². The van der Waals surface area contributed by atoms with Crippen molar-refractivity contribution in [2.75, 3.05) is 11.5 Å². The highest BCUT2D eigenvalue weighted by atomic mass is 32.2. The highest BCUT2D eigenvalue weighted by Crippen LogP contribution is 2.26. The van der Waals surface area contributed by atoms with Gasteiger partial charge in [0.1, 0.15) is 11.4 Å². The van der Waals surface area contributed by atoms with Crippen molar-refractivity contribution < 1.29 is 4.79 Å². The number of nitrogens with zero attached hydrogens (tertiary/aromatic N) is 4. The van der Waals surface area contributed by atoms with E-state index in [0.29, 0.717) is 11.7 Å². The SMILES string of the molecule is CCn1c(SCC(=O)c2c(N)n(C)c(=O)[nH]c2=O)nnc1-c1ccccc1C. The van der Waals surface area contributed by atoms with Crippen LogP contribution in [0.1, 0.15) is 22.8 Å². The van der Waals surface area contributed by atoms with E-state index in [0.717, 1.165) is 21.5 Å². The van der Waals surface area contributed by atoms with Crippen LogP contribution in [0.4, 0.5) is 5.82 Å². The number of ketones is 1. The molecule has 0 bridgehead atoms. The fraction of sp³-hybridized carbons (Fsp3) is 0.278. The molecule has 2 heterocycles. The van der Waals surface area contributed by atoms with Crippen molar-refractivity contribution >= 4 is 23.4 Å². The Morgan fingerprint density at radius 2 is 1.96 bits per heavy atom. The van der Waals surface area contributed by atoms with Gasteiger partial charge in [0.2, 0.25) is 0 Å². The van der Waals surface area contributed by atoms with E-state index in [9.17, 15) is 14.4 Å². The molecule has 10 heteroatoms. The Morgan fingerprint density at radius 3 is 2.64 bits per heavy atom. The number of hydrogen-bond donors (Lipinski definition) is 2. The van der Waals surface area contributed by atoms with Crippen LogP contribution in [0.15, 0.2) is 39.0 Å². The van der Waals surface area contributed by atoms with E-state index < -0.39 is 17.0 Å². The van der Waals surface area contributed by atoms with Gasteiger partial charge < -0.3 is 10.3 Å². The number of aryl methyl sites for hydroxylation is 1. The highest BCUT2D eigenvalue weighted by molar-refractivity contribution is 7.99. The normalized spacial score (nSPS) is 11.0. The summed E-state index contributed by atoms with van der Waals surface area (Å²) in [5, 5.41) is 9.03. The zero-order chi connectivity index (χ0) is 20.4. The van der Waals surface area contributed by atoms with Crippen molar-refractivity contribution in [1.82, 2.24) is 24.3 Å². The zero-order valence-corrected chi connectivity index (χ0v) is 16.5. The lowest BCUT2D eigenvalue weighted by Gasteiger charge is -2.09. The van der Waals surface area contributed by atoms with Gasteiger partial charge in [-0.05, 0) is 19.4 Å². The first-order valence-corrected chi connectivity index (χ1v) is 9.57. The second-order valence-electron chi connectivity index (χ2n) is 6.16. The van der Waals surface area contributed by atoms with Gasteiger partial charge in [0.05, 0.1) is 5.75 Å². The average molecular weight is 400 g/mol. The van der Waals surface area contributed by atoms with Crippen molar-refractivity contribution in [2.45, 2.75) is 25.5 Å². The van der Waals surface area contributed by atoms with Gasteiger partial charge in [-0.25, -0.2) is 4.79 Å². The van der Waals surface area contributed by atoms with E-state index in [-0.39, 0.29) is 17.1 Å². The predicted octanol–water partition coefficient (Wildman–Crippen LogP) is 1.22. The maximum atomic E-state index is 12.6. The van der Waals surface area contributed by atoms with E-state index in [1.165, 1.54) is 18.8 Å². The Bertz CT molecular complexity index is 1160. The van der Waals surface area contributed by atoms with Gasteiger partial charge in [-0.1, -0.05) is 36.0 Å². The van der Waals surface area contributed by atoms with Crippen LogP contribution in [-0.2, 0) is 13.6 Å². The molecule has 0 fully saturated rings. The second-order valence-corrected chi connectivity index (χ2v) is 7.10. The lowest BCUT2D eigenvalue weighted by atomic mass is 10.1. The summed E-state index contributed by atoms with van der Waals surface area (Å²) in [7, 11) is 1.39. The molecule has 0 saturated heterocycles. The summed E-state index contributed by atoms with van der Waals surface area (Å²) >= 11 is 1.17. The molecule has 0 aliphatic rings. The number of hydrogen-bond acceptors (Lipinski definition) is 7. The molecule has 0 amide bonds. The summed E-state index contributed by atoms with van der Waals surface area (Å²) in [5.41, 5.74) is 6.14. The molecule has 3 N–H and O–H groups in total. The Hall–Kier alpha value is -3.14. The number of thioether (sulfide) groups is 1. The minimum absolute atomic E-state index is 0.0581. The van der Waals surface area contributed by atoms with Gasteiger partial charge in [-0.15, -0.1) is 10.2 Å². The van der Waals surface area contributed by atoms with E-state index in [1.807, 2.05) is 42.7 Å². The van der Waals surface area contributed by atoms with Crippen molar-refractivity contribution in [3.8, 4) is 11.4 Å². The Morgan fingerprint density at radius 1 is 1.25 bits per heavy atom. The number of nitrogen functional groups attached to an aromatic ring is 1. The maximum absolute atomic E-state index is 12.6. The highest BCUT2D eigenvalue weighted by Gasteiger charge is 2.20. The fourth-order valence-corrected chi connectivity index (χ4v) is 3.69. The Labute approximate surface area is 164 Å². The smallest absolute Gasteiger partial charge is 0.329 e. The third-order valence-corrected chi connectivity index (χ3v) is 5.37. The van der Waals surface area contributed by atoms with Gasteiger partial charge in [0, 0.05) is 19.2 Å². The van der Waals surface area contributed by atoms with Crippen LogP contribution in [0, 0.1) is 6.92 Å². The minimum atomic E-state index is -0.788. The number of nitrogens with two attached hydrogens (primary N) is 1. The molecule has 0 spiro atoms. The van der Waals surface area contributed by atoms with E-state index in [1.54, 1.807) is 0 Å². The number of aromatic nitrogens is 5. The predicted molar refractivity (Wildman–Crippen MR) is 108 cm³/mol. The summed E-state index contributed by atoms with van der Waals surface area (Å²) in [4.78, 5) is 38.2. The van der Waals surface area contributed by atoms with Crippen LogP contribution < -0.4 is 17.0 Å². The molecule has 28 heavy (non-hydrogen) atoms.